The first-order chi connectivity index (χ1) is 70.0. The van der Waals surface area contributed by atoms with Crippen LogP contribution in [0, 0.1) is 0 Å². The van der Waals surface area contributed by atoms with Crippen LogP contribution in [0.15, 0.2) is 486 Å². The van der Waals surface area contributed by atoms with Crippen LogP contribution in [0.25, 0.3) is 272 Å². The van der Waals surface area contributed by atoms with E-state index in [9.17, 15) is 0 Å². The van der Waals surface area contributed by atoms with Gasteiger partial charge in [0, 0.05) is 104 Å². The Balaban J connectivity index is 0.000000102. The van der Waals surface area contributed by atoms with E-state index in [1.807, 2.05) is 42.5 Å². The number of aromatic nitrogens is 7. The standard InChI is InChI=1S/C50H32N2O.2C40H23N3O/c1-4-13-33(14-5-1)34-25-27-37(28-26-34)51(36-17-8-3-9-18-36)38-29-31-39(32-30-38)52-43-22-10-19-40-41-20-11-23-44-47(41)48-42(21-12-24-45(48)53-44)49(46(40)43)50(52)35-15-6-2-7-16-35;1-3-12-24(13-4-1)38-40(42-30-20-8-7-19-29(30)41-38)43-31-21-9-16-26-27-17-10-22-32-35(27)36-28(18-11-23-33(36)44-32)37(34(26)31)39(43)25-14-5-2-6-15-25;1-3-12-24(13-4-1)38-28-16-7-8-20-30(28)41-40(42-38)43-31-21-9-17-26-27-18-10-22-32-35(27)36-29(19-11-23-33(36)44-32)37(34(26)31)39(43)25-14-5-2-6-15-25/h1-32H;2*1-23H. The van der Waals surface area contributed by atoms with Crippen molar-refractivity contribution in [2.45, 2.75) is 0 Å². The zero-order valence-corrected chi connectivity index (χ0v) is 75.8. The van der Waals surface area contributed by atoms with Crippen LogP contribution < -0.4 is 4.90 Å². The summed E-state index contributed by atoms with van der Waals surface area (Å²) in [7, 11) is 0. The topological polar surface area (TPSA) is 109 Å². The molecule has 0 saturated heterocycles. The van der Waals surface area contributed by atoms with Gasteiger partial charge in [-0.25, -0.2) is 19.9 Å². The molecule has 0 spiro atoms. The fraction of sp³-hybridized carbons (Fsp3) is 0. The summed E-state index contributed by atoms with van der Waals surface area (Å²) in [6.07, 6.45) is 0. The zero-order chi connectivity index (χ0) is 92.4. The molecule has 3 aliphatic carbocycles. The van der Waals surface area contributed by atoms with Crippen molar-refractivity contribution in [3.63, 3.8) is 0 Å². The Kier molecular flexibility index (Phi) is 17.9. The van der Waals surface area contributed by atoms with Gasteiger partial charge in [-0.2, -0.15) is 0 Å². The lowest BCUT2D eigenvalue weighted by Gasteiger charge is -2.26. The van der Waals surface area contributed by atoms with Gasteiger partial charge in [0.15, 0.2) is 5.82 Å². The molecule has 11 heteroatoms. The summed E-state index contributed by atoms with van der Waals surface area (Å²) in [5.41, 5.74) is 43.1. The fourth-order valence-electron chi connectivity index (χ4n) is 22.8. The highest BCUT2D eigenvalue weighted by Gasteiger charge is 2.36. The second kappa shape index (κ2) is 31.8. The number of para-hydroxylation sites is 4. The van der Waals surface area contributed by atoms with Crippen molar-refractivity contribution >= 4 is 138 Å². The van der Waals surface area contributed by atoms with Gasteiger partial charge >= 0.3 is 0 Å². The zero-order valence-electron chi connectivity index (χ0n) is 75.8. The Bertz CT molecular complexity index is 9960. The van der Waals surface area contributed by atoms with Crippen LogP contribution >= 0.6 is 0 Å². The van der Waals surface area contributed by atoms with Crippen LogP contribution in [0.3, 0.4) is 0 Å². The van der Waals surface area contributed by atoms with Gasteiger partial charge in [-0.15, -0.1) is 0 Å². The van der Waals surface area contributed by atoms with Crippen molar-refractivity contribution in [2.75, 3.05) is 4.90 Å². The van der Waals surface area contributed by atoms with Crippen molar-refractivity contribution < 1.29 is 13.3 Å². The lowest BCUT2D eigenvalue weighted by atomic mass is 9.95. The average molecular weight is 1800 g/mol. The number of benzene rings is 20. The van der Waals surface area contributed by atoms with Crippen molar-refractivity contribution in [2.24, 2.45) is 0 Å². The molecule has 0 saturated carbocycles. The van der Waals surface area contributed by atoms with Crippen LogP contribution in [-0.4, -0.2) is 33.6 Å². The molecule has 0 aliphatic heterocycles. The van der Waals surface area contributed by atoms with Gasteiger partial charge in [0.2, 0.25) is 5.95 Å². The smallest absolute Gasteiger partial charge is 0.235 e. The minimum Gasteiger partial charge on any atom is -0.456 e. The van der Waals surface area contributed by atoms with Crippen molar-refractivity contribution in [1.29, 1.82) is 0 Å². The Morgan fingerprint density at radius 2 is 0.482 bits per heavy atom. The molecule has 31 rings (SSSR count). The second-order valence-corrected chi connectivity index (χ2v) is 36.4. The molecule has 20 aromatic carbocycles. The molecule has 3 aliphatic rings. The third-order valence-electron chi connectivity index (χ3n) is 28.6. The monoisotopic (exact) mass is 1800 g/mol. The molecule has 0 radical (unpaired) electrons. The predicted molar refractivity (Wildman–Crippen MR) is 578 cm³/mol. The molecule has 0 amide bonds. The number of anilines is 3. The first kappa shape index (κ1) is 79.3. The molecular formula is C130H78N8O3. The summed E-state index contributed by atoms with van der Waals surface area (Å²) in [4.78, 5) is 23.6. The summed E-state index contributed by atoms with van der Waals surface area (Å²) < 4.78 is 26.4. The van der Waals surface area contributed by atoms with Crippen molar-refractivity contribution in [3.05, 3.63) is 473 Å². The molecule has 0 atom stereocenters. The van der Waals surface area contributed by atoms with Crippen LogP contribution in [0.4, 0.5) is 17.1 Å². The number of furan rings is 3. The quantitative estimate of drug-likeness (QED) is 0.119. The molecule has 0 bridgehead atoms. The Labute approximate surface area is 808 Å². The maximum absolute atomic E-state index is 6.48. The summed E-state index contributed by atoms with van der Waals surface area (Å²) in [5.74, 6) is 1.45. The third kappa shape index (κ3) is 12.3. The van der Waals surface area contributed by atoms with E-state index in [4.69, 9.17) is 33.2 Å². The highest BCUT2D eigenvalue weighted by Crippen LogP contribution is 2.59. The molecule has 0 N–H and O–H groups in total. The van der Waals surface area contributed by atoms with Gasteiger partial charge in [-0.05, 0) is 199 Å². The number of rotatable bonds is 12. The SMILES string of the molecule is c1ccc(-c2ccc(N(c3ccccc3)c3ccc(-n4c(-c5ccccc5)c5c6c(cccc64)-c4cccc6oc7cccc-5c7c46)cc3)cc2)cc1.c1ccc(-c2nc(-n3c(-c4ccccc4)c4c5c(cccc53)-c3cccc5oc6cccc-4c6c35)nc3ccccc23)cc1.c1ccc(-c2nc3ccccc3nc2-n2c(-c3ccccc3)c3c4c(cccc42)-c2cccc4oc5cccc-3c5c24)cc1. The normalized spacial score (nSPS) is 12.0. The molecule has 141 heavy (non-hydrogen) atoms. The van der Waals surface area contributed by atoms with Crippen LogP contribution in [0.1, 0.15) is 0 Å². The van der Waals surface area contributed by atoms with Gasteiger partial charge < -0.3 is 22.7 Å². The minimum atomic E-state index is 0.646. The van der Waals surface area contributed by atoms with Crippen molar-refractivity contribution in [1.82, 2.24) is 33.6 Å². The summed E-state index contributed by atoms with van der Waals surface area (Å²) in [6, 6.07) is 167. The molecule has 0 unspecified atom stereocenters. The van der Waals surface area contributed by atoms with E-state index in [1.165, 1.54) is 121 Å². The van der Waals surface area contributed by atoms with Crippen molar-refractivity contribution in [3.8, 4) is 152 Å². The Hall–Kier alpha value is -19.1. The maximum Gasteiger partial charge on any atom is 0.235 e. The van der Waals surface area contributed by atoms with E-state index in [-0.39, 0.29) is 0 Å². The molecule has 28 aromatic rings. The van der Waals surface area contributed by atoms with E-state index in [1.54, 1.807) is 0 Å². The van der Waals surface area contributed by atoms with Crippen LogP contribution in [0.5, 0.6) is 0 Å². The average Bonchev–Trinajstić information content (AvgIpc) is 1.54. The molecule has 8 heterocycles. The molecular weight excluding hydrogens is 1720 g/mol. The predicted octanol–water partition coefficient (Wildman–Crippen LogP) is 34.9. The van der Waals surface area contributed by atoms with E-state index in [0.717, 1.165) is 162 Å². The van der Waals surface area contributed by atoms with Gasteiger partial charge in [0.1, 0.15) is 39.2 Å². The van der Waals surface area contributed by atoms with Crippen LogP contribution in [-0.2, 0) is 0 Å². The molecule has 11 nitrogen and oxygen atoms in total. The van der Waals surface area contributed by atoms with E-state index in [0.29, 0.717) is 5.95 Å². The summed E-state index contributed by atoms with van der Waals surface area (Å²) in [6.45, 7) is 0. The minimum absolute atomic E-state index is 0.646. The van der Waals surface area contributed by atoms with Gasteiger partial charge in [0.05, 0.1) is 55.9 Å². The molecule has 8 aromatic heterocycles. The fourth-order valence-corrected chi connectivity index (χ4v) is 22.8. The second-order valence-electron chi connectivity index (χ2n) is 36.4. The number of hydrogen-bond donors (Lipinski definition) is 0. The largest absolute Gasteiger partial charge is 0.456 e. The highest BCUT2D eigenvalue weighted by molar-refractivity contribution is 6.31. The summed E-state index contributed by atoms with van der Waals surface area (Å²) >= 11 is 0. The molecule has 656 valence electrons. The van der Waals surface area contributed by atoms with E-state index < -0.39 is 0 Å². The van der Waals surface area contributed by atoms with Gasteiger partial charge in [-0.1, -0.05) is 352 Å². The van der Waals surface area contributed by atoms with Gasteiger partial charge in [-0.3, -0.25) is 9.13 Å². The molecule has 0 fully saturated rings. The number of hydrogen-bond acceptors (Lipinski definition) is 8. The van der Waals surface area contributed by atoms with E-state index >= 15 is 0 Å². The Morgan fingerprint density at radius 1 is 0.184 bits per heavy atom. The lowest BCUT2D eigenvalue weighted by Crippen LogP contribution is -2.10. The van der Waals surface area contributed by atoms with Crippen LogP contribution in [0.2, 0.25) is 0 Å². The lowest BCUT2D eigenvalue weighted by molar-refractivity contribution is 0.668. The summed E-state index contributed by atoms with van der Waals surface area (Å²) in [5, 5.41) is 11.7. The van der Waals surface area contributed by atoms with Gasteiger partial charge in [0.25, 0.3) is 0 Å². The highest BCUT2D eigenvalue weighted by atomic mass is 16.3. The maximum atomic E-state index is 6.48. The first-order valence-corrected chi connectivity index (χ1v) is 47.8. The third-order valence-corrected chi connectivity index (χ3v) is 28.6. The Morgan fingerprint density at radius 3 is 0.915 bits per heavy atom. The first-order valence-electron chi connectivity index (χ1n) is 47.8. The van der Waals surface area contributed by atoms with E-state index in [2.05, 4.69) is 449 Å². The number of nitrogens with zero attached hydrogens (tertiary/aromatic N) is 8. The number of fused-ring (bicyclic) bond motifs is 8.